The third-order valence-corrected chi connectivity index (χ3v) is 6.12. The zero-order chi connectivity index (χ0) is 17.3. The zero-order valence-corrected chi connectivity index (χ0v) is 16.1. The summed E-state index contributed by atoms with van der Waals surface area (Å²) in [5.41, 5.74) is 1.61. The van der Waals surface area contributed by atoms with E-state index in [2.05, 4.69) is 24.0 Å². The van der Waals surface area contributed by atoms with Crippen LogP contribution < -0.4 is 0 Å². The van der Waals surface area contributed by atoms with Crippen LogP contribution in [0, 0.1) is 13.8 Å². The molecule has 3 aromatic rings. The van der Waals surface area contributed by atoms with Gasteiger partial charge in [0.2, 0.25) is 0 Å². The summed E-state index contributed by atoms with van der Waals surface area (Å²) in [5, 5.41) is 1.43. The Morgan fingerprint density at radius 2 is 1.92 bits per heavy atom. The highest BCUT2D eigenvalue weighted by Crippen LogP contribution is 2.33. The average molecular weight is 377 g/mol. The van der Waals surface area contributed by atoms with Crippen molar-refractivity contribution in [3.63, 3.8) is 0 Å². The Balaban J connectivity index is 1.84. The summed E-state index contributed by atoms with van der Waals surface area (Å²) < 4.78 is 0. The van der Waals surface area contributed by atoms with Crippen LogP contribution >= 0.6 is 34.3 Å². The molecule has 124 valence electrons. The third kappa shape index (κ3) is 3.53. The highest BCUT2D eigenvalue weighted by Gasteiger charge is 2.20. The Labute approximate surface area is 154 Å². The van der Waals surface area contributed by atoms with Gasteiger partial charge in [0.25, 0.3) is 5.91 Å². The number of nitrogens with zero attached hydrogens (tertiary/aromatic N) is 2. The summed E-state index contributed by atoms with van der Waals surface area (Å²) in [6, 6.07) is 11.7. The highest BCUT2D eigenvalue weighted by molar-refractivity contribution is 7.17. The second kappa shape index (κ2) is 7.05. The van der Waals surface area contributed by atoms with Gasteiger partial charge in [-0.25, -0.2) is 4.98 Å². The Morgan fingerprint density at radius 3 is 2.58 bits per heavy atom. The average Bonchev–Trinajstić information content (AvgIpc) is 3.13. The predicted molar refractivity (Wildman–Crippen MR) is 102 cm³/mol. The van der Waals surface area contributed by atoms with E-state index in [0.717, 1.165) is 16.3 Å². The van der Waals surface area contributed by atoms with E-state index in [9.17, 15) is 4.79 Å². The van der Waals surface area contributed by atoms with Crippen molar-refractivity contribution in [1.82, 2.24) is 9.88 Å². The molecule has 0 fully saturated rings. The second-order valence-corrected chi connectivity index (χ2v) is 8.37. The number of aromatic nitrogens is 1. The van der Waals surface area contributed by atoms with Crippen LogP contribution in [0.1, 0.15) is 25.1 Å². The highest BCUT2D eigenvalue weighted by atomic mass is 35.5. The lowest BCUT2D eigenvalue weighted by Gasteiger charge is -2.15. The van der Waals surface area contributed by atoms with Gasteiger partial charge in [0, 0.05) is 22.4 Å². The molecule has 1 aromatic carbocycles. The molecule has 0 aliphatic carbocycles. The number of hydrogen-bond acceptors (Lipinski definition) is 4. The first-order valence-electron chi connectivity index (χ1n) is 7.49. The smallest absolute Gasteiger partial charge is 0.265 e. The van der Waals surface area contributed by atoms with E-state index < -0.39 is 0 Å². The fourth-order valence-electron chi connectivity index (χ4n) is 2.39. The molecule has 24 heavy (non-hydrogen) atoms. The van der Waals surface area contributed by atoms with Crippen LogP contribution in [0.2, 0.25) is 5.02 Å². The molecule has 0 N–H and O–H groups in total. The summed E-state index contributed by atoms with van der Waals surface area (Å²) in [7, 11) is 1.83. The van der Waals surface area contributed by atoms with E-state index >= 15 is 0 Å². The Kier molecular flexibility index (Phi) is 5.04. The minimum atomic E-state index is -0.00523. The lowest BCUT2D eigenvalue weighted by molar-refractivity contribution is 0.0790. The largest absolute Gasteiger partial charge is 0.336 e. The molecular formula is C18H17ClN2OS2. The number of thiophene rings is 1. The molecule has 1 amide bonds. The van der Waals surface area contributed by atoms with Crippen molar-refractivity contribution in [3.8, 4) is 10.6 Å². The number of aryl methyl sites for hydroxylation is 2. The number of carbonyl (C=O) groups excluding carboxylic acids is 1. The molecule has 0 saturated carbocycles. The standard InChI is InChI=1S/C18H17ClN2OS2/c1-11-8-9-13(23-11)10-21(3)18(22)16-12(2)20-17(24-16)14-6-4-5-7-15(14)19/h4-9H,10H2,1-3H3. The van der Waals surface area contributed by atoms with Crippen LogP contribution in [-0.2, 0) is 6.54 Å². The molecule has 2 aromatic heterocycles. The monoisotopic (exact) mass is 376 g/mol. The molecule has 0 saturated heterocycles. The molecule has 3 nitrogen and oxygen atoms in total. The summed E-state index contributed by atoms with van der Waals surface area (Å²) in [4.78, 5) is 22.2. The Hall–Kier alpha value is -1.69. The Bertz CT molecular complexity index is 885. The molecular weight excluding hydrogens is 360 g/mol. The van der Waals surface area contributed by atoms with Gasteiger partial charge >= 0.3 is 0 Å². The molecule has 3 rings (SSSR count). The summed E-state index contributed by atoms with van der Waals surface area (Å²) in [6.45, 7) is 4.54. The first-order valence-corrected chi connectivity index (χ1v) is 9.50. The lowest BCUT2D eigenvalue weighted by atomic mass is 10.2. The van der Waals surface area contributed by atoms with Crippen molar-refractivity contribution in [2.45, 2.75) is 20.4 Å². The van der Waals surface area contributed by atoms with Gasteiger partial charge in [0.05, 0.1) is 17.3 Å². The minimum Gasteiger partial charge on any atom is -0.336 e. The first kappa shape index (κ1) is 17.1. The van der Waals surface area contributed by atoms with Crippen molar-refractivity contribution in [2.75, 3.05) is 7.05 Å². The van der Waals surface area contributed by atoms with Crippen LogP contribution in [0.5, 0.6) is 0 Å². The van der Waals surface area contributed by atoms with Gasteiger partial charge in [0.1, 0.15) is 9.88 Å². The maximum Gasteiger partial charge on any atom is 0.265 e. The molecule has 2 heterocycles. The van der Waals surface area contributed by atoms with Crippen LogP contribution in [0.4, 0.5) is 0 Å². The van der Waals surface area contributed by atoms with E-state index in [0.29, 0.717) is 16.4 Å². The van der Waals surface area contributed by atoms with Gasteiger partial charge in [-0.15, -0.1) is 22.7 Å². The van der Waals surface area contributed by atoms with E-state index in [-0.39, 0.29) is 5.91 Å². The minimum absolute atomic E-state index is 0.00523. The van der Waals surface area contributed by atoms with Gasteiger partial charge in [0.15, 0.2) is 0 Å². The normalized spacial score (nSPS) is 10.8. The fraction of sp³-hybridized carbons (Fsp3) is 0.222. The molecule has 0 aliphatic heterocycles. The van der Waals surface area contributed by atoms with Gasteiger partial charge in [-0.2, -0.15) is 0 Å². The van der Waals surface area contributed by atoms with Crippen LogP contribution in [0.25, 0.3) is 10.6 Å². The molecule has 0 atom stereocenters. The number of hydrogen-bond donors (Lipinski definition) is 0. The van der Waals surface area contributed by atoms with Gasteiger partial charge in [-0.05, 0) is 32.0 Å². The quantitative estimate of drug-likeness (QED) is 0.609. The molecule has 0 spiro atoms. The summed E-state index contributed by atoms with van der Waals surface area (Å²) >= 11 is 9.35. The summed E-state index contributed by atoms with van der Waals surface area (Å²) in [6.07, 6.45) is 0. The number of benzene rings is 1. The molecule has 0 aliphatic rings. The zero-order valence-electron chi connectivity index (χ0n) is 13.7. The van der Waals surface area contributed by atoms with E-state index in [1.165, 1.54) is 21.1 Å². The summed E-state index contributed by atoms with van der Waals surface area (Å²) in [5.74, 6) is -0.00523. The number of thiazole rings is 1. The van der Waals surface area contributed by atoms with Crippen LogP contribution in [-0.4, -0.2) is 22.8 Å². The van der Waals surface area contributed by atoms with Crippen molar-refractivity contribution < 1.29 is 4.79 Å². The second-order valence-electron chi connectivity index (χ2n) is 5.59. The number of rotatable bonds is 4. The Morgan fingerprint density at radius 1 is 1.17 bits per heavy atom. The molecule has 6 heteroatoms. The predicted octanol–water partition coefficient (Wildman–Crippen LogP) is 5.41. The van der Waals surface area contributed by atoms with Gasteiger partial charge in [-0.3, -0.25) is 4.79 Å². The van der Waals surface area contributed by atoms with Crippen molar-refractivity contribution in [1.29, 1.82) is 0 Å². The molecule has 0 bridgehead atoms. The van der Waals surface area contributed by atoms with E-state index in [4.69, 9.17) is 11.6 Å². The number of carbonyl (C=O) groups is 1. The third-order valence-electron chi connectivity index (χ3n) is 3.63. The van der Waals surface area contributed by atoms with E-state index in [1.54, 1.807) is 16.2 Å². The first-order chi connectivity index (χ1) is 11.5. The topological polar surface area (TPSA) is 33.2 Å². The van der Waals surface area contributed by atoms with E-state index in [1.807, 2.05) is 38.2 Å². The van der Waals surface area contributed by atoms with Crippen molar-refractivity contribution in [2.24, 2.45) is 0 Å². The fourth-order valence-corrected chi connectivity index (χ4v) is 4.72. The van der Waals surface area contributed by atoms with Gasteiger partial charge < -0.3 is 4.90 Å². The van der Waals surface area contributed by atoms with Crippen LogP contribution in [0.15, 0.2) is 36.4 Å². The lowest BCUT2D eigenvalue weighted by Crippen LogP contribution is -2.25. The van der Waals surface area contributed by atoms with Crippen LogP contribution in [0.3, 0.4) is 0 Å². The molecule has 0 unspecified atom stereocenters. The number of amides is 1. The maximum absolute atomic E-state index is 12.8. The molecule has 0 radical (unpaired) electrons. The van der Waals surface area contributed by atoms with Crippen molar-refractivity contribution in [3.05, 3.63) is 61.7 Å². The van der Waals surface area contributed by atoms with Crippen molar-refractivity contribution >= 4 is 40.2 Å². The SMILES string of the molecule is Cc1ccc(CN(C)C(=O)c2sc(-c3ccccc3Cl)nc2C)s1. The maximum atomic E-state index is 12.8. The van der Waals surface area contributed by atoms with Gasteiger partial charge in [-0.1, -0.05) is 29.8 Å². The number of halogens is 1.